The zero-order valence-electron chi connectivity index (χ0n) is 29.2. The molecule has 3 aromatic rings. The van der Waals surface area contributed by atoms with Crippen molar-refractivity contribution in [3.63, 3.8) is 0 Å². The standard InChI is InChI=1S/C37H37F6N5O4S/c1-5-6-7-26(47(4)33(50)23-9-12-25(13-10-23)37(41,42)43)20-28(44)24-11-14-29(27(38)19-24)45-34(51)46-35-48(32(49)21-53-35)30-18-22(2)8-15-31(30)52-17-16-36(3,39)40/h7-15,18-20H,5-6,16-17,21,44H2,1-4H3,(H,45,51)/b26-7+,28-20-,46-35-. The third-order valence-corrected chi connectivity index (χ3v) is 8.68. The van der Waals surface area contributed by atoms with E-state index < -0.39 is 47.7 Å². The molecule has 0 aromatic heterocycles. The number of urea groups is 1. The van der Waals surface area contributed by atoms with Gasteiger partial charge in [-0.15, -0.1) is 0 Å². The highest BCUT2D eigenvalue weighted by Crippen LogP contribution is 2.36. The molecule has 0 atom stereocenters. The van der Waals surface area contributed by atoms with E-state index in [0.717, 1.165) is 59.5 Å². The van der Waals surface area contributed by atoms with Crippen molar-refractivity contribution in [3.05, 3.63) is 107 Å². The summed E-state index contributed by atoms with van der Waals surface area (Å²) in [4.78, 5) is 45.3. The molecule has 4 amide bonds. The predicted molar refractivity (Wildman–Crippen MR) is 193 cm³/mol. The minimum atomic E-state index is -4.56. The smallest absolute Gasteiger partial charge is 0.416 e. The number of anilines is 2. The van der Waals surface area contributed by atoms with E-state index in [0.29, 0.717) is 18.5 Å². The largest absolute Gasteiger partial charge is 0.491 e. The third-order valence-electron chi connectivity index (χ3n) is 7.76. The lowest BCUT2D eigenvalue weighted by molar-refractivity contribution is -0.137. The second-order valence-corrected chi connectivity index (χ2v) is 13.1. The fraction of sp³-hybridized carbons (Fsp3) is 0.297. The van der Waals surface area contributed by atoms with Crippen molar-refractivity contribution >= 4 is 51.8 Å². The first-order chi connectivity index (χ1) is 24.9. The van der Waals surface area contributed by atoms with E-state index in [1.807, 2.05) is 6.92 Å². The maximum absolute atomic E-state index is 15.3. The minimum absolute atomic E-state index is 0.0139. The van der Waals surface area contributed by atoms with E-state index in [1.54, 1.807) is 25.1 Å². The van der Waals surface area contributed by atoms with Gasteiger partial charge in [0.25, 0.3) is 5.91 Å². The number of carbonyl (C=O) groups is 3. The average molecular weight is 762 g/mol. The molecule has 1 fully saturated rings. The molecular formula is C37H37F6N5O4S. The van der Waals surface area contributed by atoms with Gasteiger partial charge in [0, 0.05) is 36.0 Å². The van der Waals surface area contributed by atoms with Crippen LogP contribution in [0.25, 0.3) is 5.70 Å². The van der Waals surface area contributed by atoms with Crippen molar-refractivity contribution in [1.82, 2.24) is 4.90 Å². The molecule has 0 radical (unpaired) electrons. The van der Waals surface area contributed by atoms with Gasteiger partial charge in [-0.25, -0.2) is 18.0 Å². The van der Waals surface area contributed by atoms with Crippen LogP contribution in [0.5, 0.6) is 5.75 Å². The monoisotopic (exact) mass is 761 g/mol. The Labute approximate surface area is 306 Å². The number of benzene rings is 3. The highest BCUT2D eigenvalue weighted by molar-refractivity contribution is 8.15. The average Bonchev–Trinajstić information content (AvgIpc) is 3.45. The molecule has 0 bridgehead atoms. The number of nitrogens with zero attached hydrogens (tertiary/aromatic N) is 3. The lowest BCUT2D eigenvalue weighted by Gasteiger charge is -2.21. The summed E-state index contributed by atoms with van der Waals surface area (Å²) in [6, 6.07) is 11.3. The number of aryl methyl sites for hydroxylation is 1. The number of allylic oxidation sites excluding steroid dienone is 2. The van der Waals surface area contributed by atoms with Crippen molar-refractivity contribution in [2.45, 2.75) is 52.1 Å². The van der Waals surface area contributed by atoms with Gasteiger partial charge in [0.1, 0.15) is 11.6 Å². The third kappa shape index (κ3) is 10.9. The maximum atomic E-state index is 15.3. The summed E-state index contributed by atoms with van der Waals surface area (Å²) in [5.41, 5.74) is 6.66. The van der Waals surface area contributed by atoms with E-state index in [1.165, 1.54) is 36.2 Å². The second-order valence-electron chi connectivity index (χ2n) is 12.1. The van der Waals surface area contributed by atoms with E-state index in [4.69, 9.17) is 10.5 Å². The molecule has 1 saturated heterocycles. The number of carbonyl (C=O) groups excluding carboxylic acids is 3. The Balaban J connectivity index is 1.51. The number of ether oxygens (including phenoxy) is 1. The van der Waals surface area contributed by atoms with Gasteiger partial charge < -0.3 is 20.7 Å². The van der Waals surface area contributed by atoms with Gasteiger partial charge in [-0.05, 0) is 80.4 Å². The quantitative estimate of drug-likeness (QED) is 0.141. The van der Waals surface area contributed by atoms with Crippen molar-refractivity contribution < 1.29 is 45.5 Å². The molecule has 1 heterocycles. The zero-order valence-corrected chi connectivity index (χ0v) is 30.0. The number of hydrogen-bond donors (Lipinski definition) is 2. The Morgan fingerprint density at radius 3 is 2.36 bits per heavy atom. The van der Waals surface area contributed by atoms with Crippen LogP contribution >= 0.6 is 11.8 Å². The maximum Gasteiger partial charge on any atom is 0.416 e. The Hall–Kier alpha value is -5.25. The number of amidine groups is 1. The van der Waals surface area contributed by atoms with Gasteiger partial charge in [0.2, 0.25) is 11.8 Å². The summed E-state index contributed by atoms with van der Waals surface area (Å²) >= 11 is 0.955. The van der Waals surface area contributed by atoms with Gasteiger partial charge >= 0.3 is 12.2 Å². The lowest BCUT2D eigenvalue weighted by atomic mass is 10.1. The number of aliphatic imine (C=N–C) groups is 1. The zero-order chi connectivity index (χ0) is 39.1. The number of thioether (sulfide) groups is 1. The van der Waals surface area contributed by atoms with Crippen molar-refractivity contribution in [2.24, 2.45) is 10.7 Å². The Morgan fingerprint density at radius 1 is 1.06 bits per heavy atom. The number of unbranched alkanes of at least 4 members (excludes halogenated alkanes) is 1. The van der Waals surface area contributed by atoms with Gasteiger partial charge in [-0.1, -0.05) is 43.3 Å². The summed E-state index contributed by atoms with van der Waals surface area (Å²) < 4.78 is 86.6. The van der Waals surface area contributed by atoms with E-state index in [9.17, 15) is 36.3 Å². The van der Waals surface area contributed by atoms with E-state index >= 15 is 4.39 Å². The van der Waals surface area contributed by atoms with Crippen LogP contribution in [-0.4, -0.2) is 53.2 Å². The summed E-state index contributed by atoms with van der Waals surface area (Å²) in [5, 5.41) is 2.30. The molecule has 9 nitrogen and oxygen atoms in total. The van der Waals surface area contributed by atoms with Crippen LogP contribution < -0.4 is 20.7 Å². The van der Waals surface area contributed by atoms with Crippen molar-refractivity contribution in [1.29, 1.82) is 0 Å². The molecule has 1 aliphatic heterocycles. The fourth-order valence-corrected chi connectivity index (χ4v) is 5.77. The molecule has 0 aliphatic carbocycles. The number of alkyl halides is 5. The molecule has 16 heteroatoms. The molecule has 4 rings (SSSR count). The Morgan fingerprint density at radius 2 is 1.74 bits per heavy atom. The number of hydrogen-bond acceptors (Lipinski definition) is 6. The number of halogens is 6. The van der Waals surface area contributed by atoms with Gasteiger partial charge in [0.15, 0.2) is 5.17 Å². The Bertz CT molecular complexity index is 1940. The minimum Gasteiger partial charge on any atom is -0.491 e. The van der Waals surface area contributed by atoms with Crippen LogP contribution in [0.3, 0.4) is 0 Å². The highest BCUT2D eigenvalue weighted by atomic mass is 32.2. The lowest BCUT2D eigenvalue weighted by Crippen LogP contribution is -2.31. The molecular weight excluding hydrogens is 724 g/mol. The first-order valence-corrected chi connectivity index (χ1v) is 17.3. The molecule has 3 aromatic carbocycles. The van der Waals surface area contributed by atoms with Gasteiger partial charge in [-0.2, -0.15) is 18.2 Å². The van der Waals surface area contributed by atoms with Crippen LogP contribution in [0, 0.1) is 12.7 Å². The number of rotatable bonds is 12. The van der Waals surface area contributed by atoms with Gasteiger partial charge in [-0.3, -0.25) is 14.5 Å². The number of amides is 4. The molecule has 3 N–H and O–H groups in total. The number of likely N-dealkylation sites (N-methyl/N-ethyl adjacent to an activating group) is 1. The van der Waals surface area contributed by atoms with Crippen LogP contribution in [0.15, 0.2) is 83.5 Å². The number of nitrogens with two attached hydrogens (primary N) is 1. The summed E-state index contributed by atoms with van der Waals surface area (Å²) in [5.74, 6) is -4.80. The number of nitrogens with one attached hydrogen (secondary N) is 1. The van der Waals surface area contributed by atoms with Crippen LogP contribution in [0.2, 0.25) is 0 Å². The van der Waals surface area contributed by atoms with E-state index in [-0.39, 0.29) is 51.5 Å². The molecule has 53 heavy (non-hydrogen) atoms. The normalized spacial score (nSPS) is 14.9. The Kier molecular flexibility index (Phi) is 13.0. The molecule has 1 aliphatic rings. The molecule has 0 unspecified atom stereocenters. The predicted octanol–water partition coefficient (Wildman–Crippen LogP) is 9.00. The molecule has 0 saturated carbocycles. The highest BCUT2D eigenvalue weighted by Gasteiger charge is 2.33. The van der Waals surface area contributed by atoms with Crippen molar-refractivity contribution in [2.75, 3.05) is 29.6 Å². The van der Waals surface area contributed by atoms with Crippen molar-refractivity contribution in [3.8, 4) is 5.75 Å². The van der Waals surface area contributed by atoms with Crippen LogP contribution in [-0.2, 0) is 11.0 Å². The first kappa shape index (κ1) is 40.5. The van der Waals surface area contributed by atoms with E-state index in [2.05, 4.69) is 10.3 Å². The van der Waals surface area contributed by atoms with Crippen LogP contribution in [0.4, 0.5) is 42.5 Å². The van der Waals surface area contributed by atoms with Crippen LogP contribution in [0.1, 0.15) is 60.2 Å². The SMILES string of the molecule is CCC/C=C(\C=C(/N)c1ccc(NC(=O)/N=C2\SCC(=O)N2c2cc(C)ccc2OCCC(C)(F)F)c(F)c1)N(C)C(=O)c1ccc(C(F)(F)F)cc1. The fourth-order valence-electron chi connectivity index (χ4n) is 4.91. The molecule has 282 valence electrons. The summed E-state index contributed by atoms with van der Waals surface area (Å²) in [7, 11) is 1.43. The summed E-state index contributed by atoms with van der Waals surface area (Å²) in [6.07, 6.45) is -0.740. The molecule has 0 spiro atoms. The summed E-state index contributed by atoms with van der Waals surface area (Å²) in [6.45, 7) is 4.09. The van der Waals surface area contributed by atoms with Gasteiger partial charge in [0.05, 0.1) is 29.3 Å². The topological polar surface area (TPSA) is 117 Å². The first-order valence-electron chi connectivity index (χ1n) is 16.3. The second kappa shape index (κ2) is 17.1.